The molecule has 0 saturated carbocycles. The molecule has 0 radical (unpaired) electrons. The van der Waals surface area contributed by atoms with Crippen LogP contribution in [-0.4, -0.2) is 9.13 Å². The van der Waals surface area contributed by atoms with Gasteiger partial charge in [-0.2, -0.15) is 0 Å². The molecule has 14 rings (SSSR count). The Morgan fingerprint density at radius 3 is 0.833 bits per heavy atom. The third kappa shape index (κ3) is 8.58. The zero-order valence-electron chi connectivity index (χ0n) is 42.8. The van der Waals surface area contributed by atoms with E-state index in [0.717, 1.165) is 56.6 Å². The van der Waals surface area contributed by atoms with Crippen LogP contribution in [0, 0.1) is 0 Å². The molecule has 0 N–H and O–H groups in total. The summed E-state index contributed by atoms with van der Waals surface area (Å²) in [7, 11) is 0. The lowest BCUT2D eigenvalue weighted by atomic mass is 10.0. The van der Waals surface area contributed by atoms with E-state index in [1.807, 2.05) is 0 Å². The Kier molecular flexibility index (Phi) is 11.8. The number of hydrogen-bond acceptors (Lipinski definition) is 2. The highest BCUT2D eigenvalue weighted by molar-refractivity contribution is 6.10. The molecule has 4 nitrogen and oxygen atoms in total. The van der Waals surface area contributed by atoms with Crippen molar-refractivity contribution >= 4 is 89.9 Å². The summed E-state index contributed by atoms with van der Waals surface area (Å²) < 4.78 is 4.74. The largest absolute Gasteiger partial charge is 0.310 e. The van der Waals surface area contributed by atoms with E-state index in [2.05, 4.69) is 334 Å². The molecule has 12 aromatic carbocycles. The summed E-state index contributed by atoms with van der Waals surface area (Å²) >= 11 is 0. The number of aromatic nitrogens is 2. The molecule has 0 saturated heterocycles. The van der Waals surface area contributed by atoms with Crippen LogP contribution in [0.4, 0.5) is 34.1 Å². The molecule has 0 atom stereocenters. The summed E-state index contributed by atoms with van der Waals surface area (Å²) in [6, 6.07) is 109. The summed E-state index contributed by atoms with van der Waals surface area (Å²) in [6.07, 6.45) is 4.41. The molecule has 4 heteroatoms. The topological polar surface area (TPSA) is 16.3 Å². The second-order valence-corrected chi connectivity index (χ2v) is 19.8. The van der Waals surface area contributed by atoms with Crippen molar-refractivity contribution in [1.82, 2.24) is 9.13 Å². The minimum Gasteiger partial charge on any atom is -0.310 e. The number of anilines is 6. The van der Waals surface area contributed by atoms with Gasteiger partial charge in [-0.1, -0.05) is 194 Å². The maximum Gasteiger partial charge on any atom is 0.0541 e. The molecular weight excluding hydrogens is 945 g/mol. The van der Waals surface area contributed by atoms with Crippen molar-refractivity contribution in [2.24, 2.45) is 0 Å². The molecule has 0 aliphatic heterocycles. The lowest BCUT2D eigenvalue weighted by Crippen LogP contribution is -2.10. The predicted octanol–water partition coefficient (Wildman–Crippen LogP) is 20.3. The summed E-state index contributed by atoms with van der Waals surface area (Å²) in [5.41, 5.74) is 20.5. The van der Waals surface area contributed by atoms with Crippen molar-refractivity contribution in [3.63, 3.8) is 0 Å². The molecule has 78 heavy (non-hydrogen) atoms. The quantitative estimate of drug-likeness (QED) is 0.113. The zero-order chi connectivity index (χ0) is 51.8. The van der Waals surface area contributed by atoms with Crippen LogP contribution < -0.4 is 9.80 Å². The fourth-order valence-electron chi connectivity index (χ4n) is 11.4. The summed E-state index contributed by atoms with van der Waals surface area (Å²) in [4.78, 5) is 4.71. The van der Waals surface area contributed by atoms with Crippen LogP contribution in [0.5, 0.6) is 0 Å². The zero-order valence-corrected chi connectivity index (χ0v) is 42.8. The van der Waals surface area contributed by atoms with Gasteiger partial charge in [0.15, 0.2) is 0 Å². The van der Waals surface area contributed by atoms with Gasteiger partial charge in [0.25, 0.3) is 0 Å². The Morgan fingerprint density at radius 1 is 0.218 bits per heavy atom. The van der Waals surface area contributed by atoms with E-state index in [4.69, 9.17) is 0 Å². The smallest absolute Gasteiger partial charge is 0.0541 e. The third-order valence-electron chi connectivity index (χ3n) is 15.1. The number of nitrogens with zero attached hydrogens (tertiary/aromatic N) is 4. The second-order valence-electron chi connectivity index (χ2n) is 19.8. The molecule has 0 aliphatic carbocycles. The fraction of sp³-hybridized carbons (Fsp3) is 0. The maximum atomic E-state index is 2.37. The van der Waals surface area contributed by atoms with Gasteiger partial charge >= 0.3 is 0 Å². The highest BCUT2D eigenvalue weighted by Gasteiger charge is 2.19. The van der Waals surface area contributed by atoms with Crippen LogP contribution in [0.15, 0.2) is 303 Å². The van der Waals surface area contributed by atoms with E-state index in [-0.39, 0.29) is 0 Å². The maximum absolute atomic E-state index is 2.37. The number of para-hydroxylation sites is 4. The number of rotatable bonds is 12. The molecular formula is C74H52N4. The fourth-order valence-corrected chi connectivity index (χ4v) is 11.4. The Morgan fingerprint density at radius 2 is 0.500 bits per heavy atom. The number of benzene rings is 12. The molecule has 14 aromatic rings. The lowest BCUT2D eigenvalue weighted by molar-refractivity contribution is 1.17. The van der Waals surface area contributed by atoms with Crippen molar-refractivity contribution in [1.29, 1.82) is 0 Å². The molecule has 0 bridgehead atoms. The van der Waals surface area contributed by atoms with E-state index in [1.54, 1.807) is 0 Å². The molecule has 2 heterocycles. The van der Waals surface area contributed by atoms with E-state index in [9.17, 15) is 0 Å². The minimum atomic E-state index is 1.07. The lowest BCUT2D eigenvalue weighted by Gasteiger charge is -2.26. The van der Waals surface area contributed by atoms with E-state index in [0.29, 0.717) is 0 Å². The van der Waals surface area contributed by atoms with E-state index in [1.165, 1.54) is 65.9 Å². The van der Waals surface area contributed by atoms with Gasteiger partial charge in [-0.3, -0.25) is 0 Å². The van der Waals surface area contributed by atoms with Crippen LogP contribution in [0.1, 0.15) is 11.1 Å². The van der Waals surface area contributed by atoms with E-state index >= 15 is 0 Å². The van der Waals surface area contributed by atoms with Crippen LogP contribution >= 0.6 is 0 Å². The summed E-state index contributed by atoms with van der Waals surface area (Å²) in [6.45, 7) is 0. The van der Waals surface area contributed by atoms with Gasteiger partial charge < -0.3 is 18.9 Å². The molecule has 0 spiro atoms. The van der Waals surface area contributed by atoms with Gasteiger partial charge in [-0.15, -0.1) is 0 Å². The number of fused-ring (bicyclic) bond motifs is 6. The molecule has 0 aliphatic rings. The first-order valence-corrected chi connectivity index (χ1v) is 26.7. The first kappa shape index (κ1) is 46.1. The molecule has 0 amide bonds. The van der Waals surface area contributed by atoms with Gasteiger partial charge in [0.1, 0.15) is 0 Å². The molecule has 0 fully saturated rings. The highest BCUT2D eigenvalue weighted by atomic mass is 15.1. The Hall–Kier alpha value is -10.4. The van der Waals surface area contributed by atoms with Crippen LogP contribution in [-0.2, 0) is 0 Å². The summed E-state index contributed by atoms with van der Waals surface area (Å²) in [5.74, 6) is 0. The average molecular weight is 997 g/mol. The minimum absolute atomic E-state index is 1.07. The van der Waals surface area contributed by atoms with Crippen molar-refractivity contribution in [2.75, 3.05) is 9.80 Å². The Bertz CT molecular complexity index is 4060. The second kappa shape index (κ2) is 20.0. The van der Waals surface area contributed by atoms with Gasteiger partial charge in [0.05, 0.1) is 22.1 Å². The summed E-state index contributed by atoms with van der Waals surface area (Å²) in [5, 5.41) is 5.02. The van der Waals surface area contributed by atoms with Crippen molar-refractivity contribution in [2.45, 2.75) is 0 Å². The van der Waals surface area contributed by atoms with Gasteiger partial charge in [-0.25, -0.2) is 0 Å². The van der Waals surface area contributed by atoms with Gasteiger partial charge in [0.2, 0.25) is 0 Å². The Labute approximate surface area is 454 Å². The molecule has 2 aromatic heterocycles. The monoisotopic (exact) mass is 996 g/mol. The SMILES string of the molecule is C(=Cc1ccc(N(c2ccc(-n3c4ccccc4c4ccccc43)cc2)c2cccc(-c3ccccc3)c2)cc1)c1ccc(N(c2ccc(-n3c4ccccc4c4ccccc43)cc2)c2cccc(-c3ccccc3)c2)cc1. The first-order chi connectivity index (χ1) is 38.7. The molecule has 0 unspecified atom stereocenters. The standard InChI is InChI=1S/C74H52N4/c1-3-17-55(18-4-1)57-21-15-23-65(51-57)75(61-43-47-63(48-44-61)77-71-29-11-7-25-67(71)68-26-8-12-30-72(68)77)59-39-35-53(36-40-59)33-34-54-37-41-60(42-38-54)76(66-24-16-22-58(52-66)56-19-5-2-6-20-56)62-45-49-64(50-46-62)78-73-31-13-9-27-69(73)70-28-10-14-32-74(70)78/h1-52H. The first-order valence-electron chi connectivity index (χ1n) is 26.7. The third-order valence-corrected chi connectivity index (χ3v) is 15.1. The van der Waals surface area contributed by atoms with Crippen molar-refractivity contribution in [3.8, 4) is 33.6 Å². The number of hydrogen-bond donors (Lipinski definition) is 0. The van der Waals surface area contributed by atoms with Crippen LogP contribution in [0.3, 0.4) is 0 Å². The highest BCUT2D eigenvalue weighted by Crippen LogP contribution is 2.41. The van der Waals surface area contributed by atoms with Crippen molar-refractivity contribution in [3.05, 3.63) is 314 Å². The average Bonchev–Trinajstić information content (AvgIpc) is 4.09. The van der Waals surface area contributed by atoms with Crippen LogP contribution in [0.2, 0.25) is 0 Å². The van der Waals surface area contributed by atoms with Gasteiger partial charge in [0, 0.05) is 67.0 Å². The van der Waals surface area contributed by atoms with E-state index < -0.39 is 0 Å². The van der Waals surface area contributed by atoms with Crippen molar-refractivity contribution < 1.29 is 0 Å². The Balaban J connectivity index is 0.775. The van der Waals surface area contributed by atoms with Crippen LogP contribution in [0.25, 0.3) is 89.4 Å². The molecule has 368 valence electrons. The normalized spacial score (nSPS) is 11.5. The van der Waals surface area contributed by atoms with Gasteiger partial charge in [-0.05, 0) is 155 Å². The predicted molar refractivity (Wildman–Crippen MR) is 331 cm³/mol.